The largest absolute Gasteiger partial charge is 0.476 e. The van der Waals surface area contributed by atoms with E-state index in [1.165, 1.54) is 6.07 Å². The average Bonchev–Trinajstić information content (AvgIpc) is 3.11. The van der Waals surface area contributed by atoms with Gasteiger partial charge < -0.3 is 14.6 Å². The lowest BCUT2D eigenvalue weighted by Gasteiger charge is -1.96. The van der Waals surface area contributed by atoms with Crippen molar-refractivity contribution < 1.29 is 14.4 Å². The van der Waals surface area contributed by atoms with Gasteiger partial charge in [-0.2, -0.15) is 0 Å². The molecule has 0 radical (unpaired) electrons. The van der Waals surface area contributed by atoms with Gasteiger partial charge in [-0.1, -0.05) is 23.4 Å². The Balaban J connectivity index is 1.92. The smallest absolute Gasteiger partial charge is 0.358 e. The molecule has 2 heterocycles. The van der Waals surface area contributed by atoms with Crippen LogP contribution in [0.1, 0.15) is 10.5 Å². The van der Waals surface area contributed by atoms with E-state index in [0.29, 0.717) is 5.76 Å². The summed E-state index contributed by atoms with van der Waals surface area (Å²) in [5, 5.41) is 14.6. The molecule has 0 aliphatic rings. The lowest BCUT2D eigenvalue weighted by molar-refractivity contribution is 0.0686. The van der Waals surface area contributed by atoms with E-state index >= 15 is 0 Å². The Labute approximate surface area is 118 Å². The number of fused-ring (bicyclic) bond motifs is 3. The average molecular weight is 278 g/mol. The fourth-order valence-corrected chi connectivity index (χ4v) is 2.51. The van der Waals surface area contributed by atoms with Crippen molar-refractivity contribution in [2.75, 3.05) is 0 Å². The van der Waals surface area contributed by atoms with Gasteiger partial charge in [-0.05, 0) is 24.3 Å². The summed E-state index contributed by atoms with van der Waals surface area (Å²) in [5.74, 6) is -0.655. The minimum atomic E-state index is -1.10. The van der Waals surface area contributed by atoms with Crippen LogP contribution in [0.25, 0.3) is 33.1 Å². The van der Waals surface area contributed by atoms with Crippen LogP contribution in [0.4, 0.5) is 0 Å². The van der Waals surface area contributed by atoms with Crippen LogP contribution in [0.3, 0.4) is 0 Å². The molecule has 2 N–H and O–H groups in total. The number of benzene rings is 2. The fraction of sp³-hybridized carbons (Fsp3) is 0. The number of carboxylic acid groups (broad SMARTS) is 1. The number of para-hydroxylation sites is 1. The molecule has 5 nitrogen and oxygen atoms in total. The van der Waals surface area contributed by atoms with Gasteiger partial charge in [-0.15, -0.1) is 0 Å². The molecule has 0 aliphatic carbocycles. The molecule has 102 valence electrons. The molecule has 2 aromatic carbocycles. The molecule has 0 bridgehead atoms. The van der Waals surface area contributed by atoms with Crippen molar-refractivity contribution in [1.29, 1.82) is 0 Å². The highest BCUT2D eigenvalue weighted by Crippen LogP contribution is 2.30. The molecule has 0 fully saturated rings. The van der Waals surface area contributed by atoms with E-state index < -0.39 is 5.97 Å². The highest BCUT2D eigenvalue weighted by molar-refractivity contribution is 6.08. The summed E-state index contributed by atoms with van der Waals surface area (Å²) in [6, 6.07) is 15.3. The second kappa shape index (κ2) is 4.21. The molecule has 2 aromatic heterocycles. The molecule has 0 saturated heterocycles. The minimum absolute atomic E-state index is 0.0935. The quantitative estimate of drug-likeness (QED) is 0.586. The van der Waals surface area contributed by atoms with Crippen molar-refractivity contribution in [1.82, 2.24) is 10.1 Å². The first-order chi connectivity index (χ1) is 10.2. The van der Waals surface area contributed by atoms with Gasteiger partial charge in [0, 0.05) is 33.4 Å². The summed E-state index contributed by atoms with van der Waals surface area (Å²) < 4.78 is 5.11. The maximum atomic E-state index is 10.9. The summed E-state index contributed by atoms with van der Waals surface area (Å²) in [5.41, 5.74) is 2.79. The standard InChI is InChI=1S/C16H10N2O3/c19-16(20)14-8-15(21-18-14)9-5-6-13-11(7-9)10-3-1-2-4-12(10)17-13/h1-8,17H,(H,19,20). The van der Waals surface area contributed by atoms with Crippen LogP contribution in [0, 0.1) is 0 Å². The first kappa shape index (κ1) is 11.7. The van der Waals surface area contributed by atoms with E-state index in [0.717, 1.165) is 27.4 Å². The van der Waals surface area contributed by atoms with E-state index in [1.54, 1.807) is 0 Å². The number of aromatic nitrogens is 2. The van der Waals surface area contributed by atoms with Gasteiger partial charge in [-0.3, -0.25) is 0 Å². The Bertz CT molecular complexity index is 981. The van der Waals surface area contributed by atoms with Crippen molar-refractivity contribution in [2.24, 2.45) is 0 Å². The molecular weight excluding hydrogens is 268 g/mol. The topological polar surface area (TPSA) is 79.1 Å². The number of hydrogen-bond acceptors (Lipinski definition) is 3. The predicted octanol–water partition coefficient (Wildman–Crippen LogP) is 3.67. The van der Waals surface area contributed by atoms with Crippen LogP contribution in [0.5, 0.6) is 0 Å². The molecule has 5 heteroatoms. The lowest BCUT2D eigenvalue weighted by Crippen LogP contribution is -1.94. The number of aromatic carboxylic acids is 1. The Kier molecular flexibility index (Phi) is 2.35. The molecule has 0 spiro atoms. The van der Waals surface area contributed by atoms with E-state index in [2.05, 4.69) is 10.1 Å². The number of hydrogen-bond donors (Lipinski definition) is 2. The van der Waals surface area contributed by atoms with Gasteiger partial charge in [0.05, 0.1) is 0 Å². The van der Waals surface area contributed by atoms with Crippen LogP contribution >= 0.6 is 0 Å². The maximum absolute atomic E-state index is 10.9. The van der Waals surface area contributed by atoms with Crippen molar-refractivity contribution >= 4 is 27.8 Å². The number of H-pyrrole nitrogens is 1. The van der Waals surface area contributed by atoms with E-state index in [-0.39, 0.29) is 5.69 Å². The number of carbonyl (C=O) groups is 1. The summed E-state index contributed by atoms with van der Waals surface area (Å²) >= 11 is 0. The highest BCUT2D eigenvalue weighted by atomic mass is 16.5. The number of carboxylic acids is 1. The third-order valence-corrected chi connectivity index (χ3v) is 3.52. The first-order valence-electron chi connectivity index (χ1n) is 6.43. The zero-order chi connectivity index (χ0) is 14.4. The molecule has 21 heavy (non-hydrogen) atoms. The van der Waals surface area contributed by atoms with E-state index in [9.17, 15) is 4.79 Å². The molecule has 0 aliphatic heterocycles. The predicted molar refractivity (Wildman–Crippen MR) is 78.3 cm³/mol. The summed E-state index contributed by atoms with van der Waals surface area (Å²) in [7, 11) is 0. The van der Waals surface area contributed by atoms with Crippen LogP contribution in [-0.2, 0) is 0 Å². The fourth-order valence-electron chi connectivity index (χ4n) is 2.51. The Morgan fingerprint density at radius 3 is 2.67 bits per heavy atom. The van der Waals surface area contributed by atoms with Crippen LogP contribution in [0.15, 0.2) is 53.1 Å². The van der Waals surface area contributed by atoms with Crippen LogP contribution in [0.2, 0.25) is 0 Å². The Morgan fingerprint density at radius 2 is 1.86 bits per heavy atom. The molecule has 0 atom stereocenters. The van der Waals surface area contributed by atoms with Crippen LogP contribution in [-0.4, -0.2) is 21.2 Å². The zero-order valence-corrected chi connectivity index (χ0v) is 10.8. The molecule has 4 aromatic rings. The Morgan fingerprint density at radius 1 is 1.05 bits per heavy atom. The molecule has 0 unspecified atom stereocenters. The third-order valence-electron chi connectivity index (χ3n) is 3.52. The van der Waals surface area contributed by atoms with Crippen molar-refractivity contribution in [2.45, 2.75) is 0 Å². The van der Waals surface area contributed by atoms with Gasteiger partial charge in [0.1, 0.15) is 0 Å². The van der Waals surface area contributed by atoms with Gasteiger partial charge in [0.2, 0.25) is 0 Å². The molecule has 0 saturated carbocycles. The van der Waals surface area contributed by atoms with Gasteiger partial charge in [0.15, 0.2) is 11.5 Å². The SMILES string of the molecule is O=C(O)c1cc(-c2ccc3[nH]c4ccccc4c3c2)on1. The molecule has 4 rings (SSSR count). The van der Waals surface area contributed by atoms with E-state index in [1.807, 2.05) is 42.5 Å². The first-order valence-corrected chi connectivity index (χ1v) is 6.43. The van der Waals surface area contributed by atoms with Crippen molar-refractivity contribution in [3.8, 4) is 11.3 Å². The highest BCUT2D eigenvalue weighted by Gasteiger charge is 2.13. The minimum Gasteiger partial charge on any atom is -0.476 e. The lowest BCUT2D eigenvalue weighted by atomic mass is 10.1. The summed E-state index contributed by atoms with van der Waals surface area (Å²) in [4.78, 5) is 14.2. The van der Waals surface area contributed by atoms with Gasteiger partial charge >= 0.3 is 5.97 Å². The van der Waals surface area contributed by atoms with E-state index in [4.69, 9.17) is 9.63 Å². The number of nitrogens with one attached hydrogen (secondary N) is 1. The van der Waals surface area contributed by atoms with Gasteiger partial charge in [0.25, 0.3) is 0 Å². The van der Waals surface area contributed by atoms with Crippen LogP contribution < -0.4 is 0 Å². The number of rotatable bonds is 2. The molecular formula is C16H10N2O3. The number of nitrogens with zero attached hydrogens (tertiary/aromatic N) is 1. The third kappa shape index (κ3) is 1.79. The Hall–Kier alpha value is -3.08. The number of aromatic amines is 1. The zero-order valence-electron chi connectivity index (χ0n) is 10.8. The monoisotopic (exact) mass is 278 g/mol. The van der Waals surface area contributed by atoms with Gasteiger partial charge in [-0.25, -0.2) is 4.79 Å². The van der Waals surface area contributed by atoms with Crippen molar-refractivity contribution in [3.05, 3.63) is 54.2 Å². The summed E-state index contributed by atoms with van der Waals surface area (Å²) in [6.07, 6.45) is 0. The second-order valence-corrected chi connectivity index (χ2v) is 4.81. The normalized spacial score (nSPS) is 11.2. The van der Waals surface area contributed by atoms with Crippen molar-refractivity contribution in [3.63, 3.8) is 0 Å². The molecule has 0 amide bonds. The summed E-state index contributed by atoms with van der Waals surface area (Å²) in [6.45, 7) is 0. The second-order valence-electron chi connectivity index (χ2n) is 4.81. The maximum Gasteiger partial charge on any atom is 0.358 e.